The Kier molecular flexibility index (Phi) is 6.81. The van der Waals surface area contributed by atoms with Crippen molar-refractivity contribution in [1.29, 1.82) is 5.26 Å². The van der Waals surface area contributed by atoms with Gasteiger partial charge in [0.2, 0.25) is 0 Å². The Morgan fingerprint density at radius 1 is 1.00 bits per heavy atom. The number of aromatic nitrogens is 1. The van der Waals surface area contributed by atoms with Crippen LogP contribution < -0.4 is 0 Å². The van der Waals surface area contributed by atoms with Crippen molar-refractivity contribution < 1.29 is 9.72 Å². The molecule has 0 fully saturated rings. The number of aryl methyl sites for hydroxylation is 1. The quantitative estimate of drug-likeness (QED) is 0.134. The number of Topliss-reactive ketones (excluding diaryl/α,β-unsaturated/α-hetero) is 1. The van der Waals surface area contributed by atoms with E-state index in [9.17, 15) is 20.2 Å². The van der Waals surface area contributed by atoms with E-state index in [-0.39, 0.29) is 17.2 Å². The van der Waals surface area contributed by atoms with Crippen molar-refractivity contribution in [2.45, 2.75) is 11.9 Å². The van der Waals surface area contributed by atoms with Crippen LogP contribution in [0.25, 0.3) is 22.4 Å². The van der Waals surface area contributed by atoms with E-state index >= 15 is 0 Å². The van der Waals surface area contributed by atoms with Crippen LogP contribution in [0.15, 0.2) is 90.0 Å². The highest BCUT2D eigenvalue weighted by Crippen LogP contribution is 2.34. The molecular formula is C27H19N3O3S. The molecule has 0 N–H and O–H groups in total. The van der Waals surface area contributed by atoms with Crippen molar-refractivity contribution >= 4 is 23.2 Å². The number of non-ortho nitro benzene ring substituents is 1. The second-order valence-electron chi connectivity index (χ2n) is 7.59. The molecule has 0 aliphatic carbocycles. The Labute approximate surface area is 201 Å². The van der Waals surface area contributed by atoms with E-state index in [2.05, 4.69) is 6.07 Å². The summed E-state index contributed by atoms with van der Waals surface area (Å²) in [6.07, 6.45) is 0. The molecule has 0 unspecified atom stereocenters. The lowest BCUT2D eigenvalue weighted by Crippen LogP contribution is -2.04. The van der Waals surface area contributed by atoms with Crippen LogP contribution in [-0.2, 0) is 0 Å². The van der Waals surface area contributed by atoms with Crippen LogP contribution in [0, 0.1) is 28.4 Å². The zero-order chi connectivity index (χ0) is 24.1. The smallest absolute Gasteiger partial charge is 0.269 e. The van der Waals surface area contributed by atoms with Crippen molar-refractivity contribution in [1.82, 2.24) is 4.98 Å². The molecule has 0 saturated carbocycles. The van der Waals surface area contributed by atoms with Crippen molar-refractivity contribution in [2.24, 2.45) is 0 Å². The SMILES string of the molecule is Cc1ccc(-c2cc(-c3ccccc3)c(C#N)c(SCC(=O)c3ccc([N+](=O)[O-])cc3)n2)cc1. The van der Waals surface area contributed by atoms with Gasteiger partial charge in [-0.15, -0.1) is 0 Å². The zero-order valence-corrected chi connectivity index (χ0v) is 19.1. The Bertz CT molecular complexity index is 1390. The number of pyridine rings is 1. The summed E-state index contributed by atoms with van der Waals surface area (Å²) in [5.74, 6) is -0.155. The van der Waals surface area contributed by atoms with Gasteiger partial charge in [0.1, 0.15) is 11.1 Å². The third-order valence-electron chi connectivity index (χ3n) is 5.27. The highest BCUT2D eigenvalue weighted by Gasteiger charge is 2.18. The Morgan fingerprint density at radius 3 is 2.29 bits per heavy atom. The summed E-state index contributed by atoms with van der Waals surface area (Å²) < 4.78 is 0. The molecule has 0 aliphatic rings. The van der Waals surface area contributed by atoms with E-state index in [0.29, 0.717) is 21.8 Å². The number of benzene rings is 3. The van der Waals surface area contributed by atoms with E-state index in [1.807, 2.05) is 67.6 Å². The number of carbonyl (C=O) groups excluding carboxylic acids is 1. The monoisotopic (exact) mass is 465 g/mol. The molecule has 0 spiro atoms. The fraction of sp³-hybridized carbons (Fsp3) is 0.0741. The normalized spacial score (nSPS) is 10.5. The number of nitro groups is 1. The van der Waals surface area contributed by atoms with Gasteiger partial charge < -0.3 is 0 Å². The number of nitriles is 1. The van der Waals surface area contributed by atoms with Crippen LogP contribution in [0.4, 0.5) is 5.69 Å². The van der Waals surface area contributed by atoms with Crippen LogP contribution in [-0.4, -0.2) is 21.4 Å². The topological polar surface area (TPSA) is 96.9 Å². The Hall–Kier alpha value is -4.28. The van der Waals surface area contributed by atoms with E-state index in [1.165, 1.54) is 36.0 Å². The summed E-state index contributed by atoms with van der Waals surface area (Å²) in [5.41, 5.74) is 5.09. The van der Waals surface area contributed by atoms with E-state index in [1.54, 1.807) is 0 Å². The zero-order valence-electron chi connectivity index (χ0n) is 18.3. The molecular weight excluding hydrogens is 446 g/mol. The van der Waals surface area contributed by atoms with E-state index < -0.39 is 4.92 Å². The first-order valence-electron chi connectivity index (χ1n) is 10.4. The first-order valence-corrected chi connectivity index (χ1v) is 11.4. The standard InChI is InChI=1S/C27H19N3O3S/c1-18-7-9-20(10-8-18)25-15-23(19-5-3-2-4-6-19)24(16-28)27(29-25)34-17-26(31)21-11-13-22(14-12-21)30(32)33/h2-15H,17H2,1H3. The largest absolute Gasteiger partial charge is 0.293 e. The van der Waals surface area contributed by atoms with Gasteiger partial charge in [-0.3, -0.25) is 14.9 Å². The molecule has 166 valence electrons. The fourth-order valence-corrected chi connectivity index (χ4v) is 4.34. The molecule has 0 aliphatic heterocycles. The lowest BCUT2D eigenvalue weighted by molar-refractivity contribution is -0.384. The molecule has 6 nitrogen and oxygen atoms in total. The van der Waals surface area contributed by atoms with Crippen molar-refractivity contribution in [3.05, 3.63) is 112 Å². The number of hydrogen-bond acceptors (Lipinski definition) is 6. The van der Waals surface area contributed by atoms with Crippen LogP contribution >= 0.6 is 11.8 Å². The van der Waals surface area contributed by atoms with Gasteiger partial charge in [-0.25, -0.2) is 4.98 Å². The van der Waals surface area contributed by atoms with Gasteiger partial charge in [-0.2, -0.15) is 5.26 Å². The summed E-state index contributed by atoms with van der Waals surface area (Å²) in [6.45, 7) is 2.01. The van der Waals surface area contributed by atoms with Gasteiger partial charge in [-0.05, 0) is 30.7 Å². The third-order valence-corrected chi connectivity index (χ3v) is 6.25. The molecule has 0 amide bonds. The number of ketones is 1. The number of carbonyl (C=O) groups is 1. The van der Waals surface area contributed by atoms with Crippen LogP contribution in [0.3, 0.4) is 0 Å². The summed E-state index contributed by atoms with van der Waals surface area (Å²) in [4.78, 5) is 27.8. The number of rotatable bonds is 7. The predicted molar refractivity (Wildman–Crippen MR) is 133 cm³/mol. The molecule has 0 saturated heterocycles. The molecule has 0 atom stereocenters. The average molecular weight is 466 g/mol. The maximum atomic E-state index is 12.7. The van der Waals surface area contributed by atoms with Gasteiger partial charge in [-0.1, -0.05) is 71.9 Å². The molecule has 0 radical (unpaired) electrons. The maximum absolute atomic E-state index is 12.7. The molecule has 1 aromatic heterocycles. The Balaban J connectivity index is 1.71. The minimum Gasteiger partial charge on any atom is -0.293 e. The summed E-state index contributed by atoms with van der Waals surface area (Å²) in [6, 6.07) is 27.2. The third kappa shape index (κ3) is 5.03. The lowest BCUT2D eigenvalue weighted by atomic mass is 9.99. The minimum atomic E-state index is -0.506. The van der Waals surface area contributed by atoms with Crippen LogP contribution in [0.5, 0.6) is 0 Å². The molecule has 1 heterocycles. The van der Waals surface area contributed by atoms with Gasteiger partial charge in [0.25, 0.3) is 5.69 Å². The second kappa shape index (κ2) is 10.1. The average Bonchev–Trinajstić information content (AvgIpc) is 2.87. The minimum absolute atomic E-state index is 0.0467. The molecule has 4 aromatic rings. The van der Waals surface area contributed by atoms with Crippen molar-refractivity contribution in [2.75, 3.05) is 5.75 Å². The van der Waals surface area contributed by atoms with E-state index in [0.717, 1.165) is 22.3 Å². The second-order valence-corrected chi connectivity index (χ2v) is 8.56. The predicted octanol–water partition coefficient (Wildman–Crippen LogP) is 6.48. The van der Waals surface area contributed by atoms with Gasteiger partial charge in [0.05, 0.1) is 21.9 Å². The molecule has 4 rings (SSSR count). The highest BCUT2D eigenvalue weighted by atomic mass is 32.2. The van der Waals surface area contributed by atoms with E-state index in [4.69, 9.17) is 4.98 Å². The van der Waals surface area contributed by atoms with Gasteiger partial charge in [0, 0.05) is 28.8 Å². The molecule has 3 aromatic carbocycles. The summed E-state index contributed by atoms with van der Waals surface area (Å²) >= 11 is 1.19. The van der Waals surface area contributed by atoms with Crippen molar-refractivity contribution in [3.63, 3.8) is 0 Å². The van der Waals surface area contributed by atoms with Crippen LogP contribution in [0.2, 0.25) is 0 Å². The number of hydrogen-bond donors (Lipinski definition) is 0. The van der Waals surface area contributed by atoms with Gasteiger partial charge in [0.15, 0.2) is 5.78 Å². The molecule has 7 heteroatoms. The maximum Gasteiger partial charge on any atom is 0.269 e. The Morgan fingerprint density at radius 2 is 1.68 bits per heavy atom. The van der Waals surface area contributed by atoms with Crippen molar-refractivity contribution in [3.8, 4) is 28.5 Å². The molecule has 34 heavy (non-hydrogen) atoms. The molecule has 0 bridgehead atoms. The van der Waals surface area contributed by atoms with Crippen LogP contribution in [0.1, 0.15) is 21.5 Å². The fourth-order valence-electron chi connectivity index (χ4n) is 3.44. The number of thioether (sulfide) groups is 1. The number of nitrogens with zero attached hydrogens (tertiary/aromatic N) is 3. The first kappa shape index (κ1) is 22.9. The summed E-state index contributed by atoms with van der Waals surface area (Å²) in [5, 5.41) is 21.3. The van der Waals surface area contributed by atoms with Gasteiger partial charge >= 0.3 is 0 Å². The first-order chi connectivity index (χ1) is 16.5. The highest BCUT2D eigenvalue weighted by molar-refractivity contribution is 8.00. The lowest BCUT2D eigenvalue weighted by Gasteiger charge is -2.12. The number of nitro benzene ring substituents is 1. The summed E-state index contributed by atoms with van der Waals surface area (Å²) in [7, 11) is 0.